The molecule has 0 aliphatic heterocycles. The van der Waals surface area contributed by atoms with Crippen molar-refractivity contribution >= 4 is 28.4 Å². The van der Waals surface area contributed by atoms with Gasteiger partial charge in [0.05, 0.1) is 39.9 Å². The van der Waals surface area contributed by atoms with E-state index in [1.165, 1.54) is 23.3 Å². The van der Waals surface area contributed by atoms with Gasteiger partial charge in [0.1, 0.15) is 0 Å². The summed E-state index contributed by atoms with van der Waals surface area (Å²) in [6.45, 7) is 3.06. The summed E-state index contributed by atoms with van der Waals surface area (Å²) in [7, 11) is 6.70. The van der Waals surface area contributed by atoms with Crippen LogP contribution in [0.4, 0.5) is 0 Å². The molecule has 0 spiro atoms. The van der Waals surface area contributed by atoms with E-state index in [4.69, 9.17) is 18.9 Å². The predicted molar refractivity (Wildman–Crippen MR) is 124 cm³/mol. The van der Waals surface area contributed by atoms with Crippen molar-refractivity contribution in [3.05, 3.63) is 75.5 Å². The van der Waals surface area contributed by atoms with E-state index in [-0.39, 0.29) is 14.9 Å². The second-order valence-electron chi connectivity index (χ2n) is 5.65. The van der Waals surface area contributed by atoms with Crippen LogP contribution in [0.5, 0.6) is 23.0 Å². The Morgan fingerprint density at radius 1 is 0.567 bits per heavy atom. The van der Waals surface area contributed by atoms with Crippen molar-refractivity contribution < 1.29 is 42.3 Å². The van der Waals surface area contributed by atoms with E-state index < -0.39 is 0 Å². The van der Waals surface area contributed by atoms with Crippen LogP contribution in [0.1, 0.15) is 0 Å². The number of ether oxygens (including phenoxy) is 4. The monoisotopic (exact) mass is 498 g/mol. The van der Waals surface area contributed by atoms with Crippen molar-refractivity contribution in [3.63, 3.8) is 0 Å². The molecule has 0 aliphatic carbocycles. The molecule has 4 nitrogen and oxygen atoms in total. The maximum atomic E-state index is 5.23. The first-order valence-electron chi connectivity index (χ1n) is 8.51. The van der Waals surface area contributed by atoms with E-state index in [1.807, 2.05) is 60.7 Å². The molecule has 0 N–H and O–H groups in total. The Labute approximate surface area is 197 Å². The Morgan fingerprint density at radius 3 is 1.17 bits per heavy atom. The molecule has 0 aliphatic rings. The molecule has 2 radical (unpaired) electrons. The molecule has 0 unspecified atom stereocenters. The molecule has 4 aromatic carbocycles. The van der Waals surface area contributed by atoms with Crippen LogP contribution in [0, 0.1) is 14.9 Å². The van der Waals surface area contributed by atoms with Crippen LogP contribution in [-0.4, -0.2) is 35.3 Å². The second-order valence-corrected chi connectivity index (χ2v) is 5.65. The molecule has 0 amide bonds. The molecule has 0 fully saturated rings. The number of fused-ring (bicyclic) bond motifs is 2. The average molecular weight is 500 g/mol. The van der Waals surface area contributed by atoms with Gasteiger partial charge in [-0.25, -0.2) is 0 Å². The first-order valence-corrected chi connectivity index (χ1v) is 12.7. The van der Waals surface area contributed by atoms with Gasteiger partial charge in [0.2, 0.25) is 0 Å². The molecule has 0 heterocycles. The summed E-state index contributed by atoms with van der Waals surface area (Å²) in [4.78, 5) is 0. The third-order valence-corrected chi connectivity index (χ3v) is 4.35. The molecule has 0 aromatic heterocycles. The summed E-state index contributed by atoms with van der Waals surface area (Å²) >= 11 is 1.36. The van der Waals surface area contributed by atoms with E-state index >= 15 is 0 Å². The van der Waals surface area contributed by atoms with E-state index in [0.29, 0.717) is 0 Å². The van der Waals surface area contributed by atoms with Crippen molar-refractivity contribution in [3.8, 4) is 23.0 Å². The van der Waals surface area contributed by atoms with Crippen molar-refractivity contribution in [2.45, 2.75) is 0 Å². The van der Waals surface area contributed by atoms with Crippen LogP contribution in [-0.2, 0) is 23.3 Å². The fourth-order valence-electron chi connectivity index (χ4n) is 3.07. The third-order valence-electron chi connectivity index (χ3n) is 4.35. The third kappa shape index (κ3) is 5.99. The van der Waals surface area contributed by atoms with Crippen LogP contribution in [0.25, 0.3) is 21.5 Å². The van der Waals surface area contributed by atoms with Gasteiger partial charge in [-0.2, -0.15) is 24.3 Å². The van der Waals surface area contributed by atoms with Crippen molar-refractivity contribution in [2.24, 2.45) is 0 Å². The summed E-state index contributed by atoms with van der Waals surface area (Å²) in [5.74, 6) is 3.56. The minimum absolute atomic E-state index is 0. The SMILES string of the molecule is COc1ccc(OC)c2[cH-]ccc12.COc1ccc(OC)c2[cH-]ccc12.[CH3-].[CH3-].[Si]=[Zr]. The van der Waals surface area contributed by atoms with E-state index in [2.05, 4.69) is 6.88 Å². The Kier molecular flexibility index (Phi) is 13.1. The standard InChI is InChI=1S/2C11H11O2.2CH3.Si.Zr/c2*1-12-10-6-7-11(13-2)9-5-3-4-8(9)10;;;;/h2*3-7H,1-2H3;2*1H3;;/q4*-1;;. The van der Waals surface area contributed by atoms with Gasteiger partial charge in [-0.15, -0.1) is 22.9 Å². The van der Waals surface area contributed by atoms with Crippen LogP contribution in [0.3, 0.4) is 0 Å². The average Bonchev–Trinajstić information content (AvgIpc) is 3.44. The Balaban J connectivity index is 0.000000488. The van der Waals surface area contributed by atoms with Gasteiger partial charge >= 0.3 is 30.2 Å². The Hall–Kier alpha value is -2.04. The van der Waals surface area contributed by atoms with Gasteiger partial charge in [0, 0.05) is 11.5 Å². The number of hydrogen-bond donors (Lipinski definition) is 0. The van der Waals surface area contributed by atoms with Gasteiger partial charge in [-0.1, -0.05) is 22.9 Å². The fourth-order valence-corrected chi connectivity index (χ4v) is 3.07. The van der Waals surface area contributed by atoms with Gasteiger partial charge in [-0.3, -0.25) is 0 Å². The molecule has 0 bridgehead atoms. The predicted octanol–water partition coefficient (Wildman–Crippen LogP) is 5.67. The second kappa shape index (κ2) is 14.1. The normalized spacial score (nSPS) is 9.03. The molecule has 0 saturated heterocycles. The molecule has 30 heavy (non-hydrogen) atoms. The van der Waals surface area contributed by atoms with E-state index in [9.17, 15) is 0 Å². The quantitative estimate of drug-likeness (QED) is 0.268. The van der Waals surface area contributed by atoms with Crippen molar-refractivity contribution in [2.75, 3.05) is 28.4 Å². The number of hydrogen-bond acceptors (Lipinski definition) is 4. The molecule has 160 valence electrons. The Bertz CT molecular complexity index is 865. The van der Waals surface area contributed by atoms with Crippen LogP contribution < -0.4 is 18.9 Å². The summed E-state index contributed by atoms with van der Waals surface area (Å²) in [6.07, 6.45) is 0. The zero-order chi connectivity index (χ0) is 20.5. The van der Waals surface area contributed by atoms with Crippen molar-refractivity contribution in [1.29, 1.82) is 0 Å². The van der Waals surface area contributed by atoms with Crippen molar-refractivity contribution in [1.82, 2.24) is 0 Å². The first kappa shape index (κ1) is 28.0. The topological polar surface area (TPSA) is 36.9 Å². The fraction of sp³-hybridized carbons (Fsp3) is 0.167. The zero-order valence-electron chi connectivity index (χ0n) is 18.4. The maximum absolute atomic E-state index is 5.23. The molecular formula is C24H28O4SiZr-4. The zero-order valence-corrected chi connectivity index (χ0v) is 21.9. The molecule has 0 saturated carbocycles. The van der Waals surface area contributed by atoms with Gasteiger partial charge < -0.3 is 33.8 Å². The van der Waals surface area contributed by atoms with Crippen LogP contribution in [0.15, 0.2) is 60.7 Å². The summed E-state index contributed by atoms with van der Waals surface area (Å²) in [6, 6.07) is 19.8. The first-order chi connectivity index (χ1) is 13.7. The summed E-state index contributed by atoms with van der Waals surface area (Å²) in [5.41, 5.74) is 0. The molecule has 4 rings (SSSR count). The van der Waals surface area contributed by atoms with Crippen LogP contribution in [0.2, 0.25) is 0 Å². The molecular weight excluding hydrogens is 472 g/mol. The minimum atomic E-state index is 0. The van der Waals surface area contributed by atoms with Gasteiger partial charge in [0.25, 0.3) is 0 Å². The molecule has 6 heteroatoms. The summed E-state index contributed by atoms with van der Waals surface area (Å²) in [5, 5.41) is 4.40. The Morgan fingerprint density at radius 2 is 0.867 bits per heavy atom. The number of rotatable bonds is 4. The summed E-state index contributed by atoms with van der Waals surface area (Å²) < 4.78 is 20.9. The van der Waals surface area contributed by atoms with E-state index in [0.717, 1.165) is 44.5 Å². The molecule has 0 atom stereocenters. The number of benzene rings is 2. The van der Waals surface area contributed by atoms with Gasteiger partial charge in [0.15, 0.2) is 0 Å². The van der Waals surface area contributed by atoms with Gasteiger partial charge in [-0.05, 0) is 12.1 Å². The van der Waals surface area contributed by atoms with Crippen LogP contribution >= 0.6 is 0 Å². The number of methoxy groups -OCH3 is 4. The molecule has 4 aromatic rings. The van der Waals surface area contributed by atoms with E-state index in [1.54, 1.807) is 28.4 Å².